The van der Waals surface area contributed by atoms with Gasteiger partial charge < -0.3 is 19.2 Å². The van der Waals surface area contributed by atoms with Gasteiger partial charge in [-0.05, 0) is 56.0 Å². The minimum Gasteiger partial charge on any atom is -0.493 e. The third-order valence-corrected chi connectivity index (χ3v) is 5.64. The van der Waals surface area contributed by atoms with E-state index in [9.17, 15) is 14.7 Å². The summed E-state index contributed by atoms with van der Waals surface area (Å²) in [6, 6.07) is 4.41. The van der Waals surface area contributed by atoms with E-state index in [0.29, 0.717) is 43.2 Å². The van der Waals surface area contributed by atoms with Gasteiger partial charge in [-0.25, -0.2) is 9.78 Å². The van der Waals surface area contributed by atoms with Crippen molar-refractivity contribution >= 4 is 18.0 Å². The number of carboxylic acids is 1. The van der Waals surface area contributed by atoms with Crippen LogP contribution < -0.4 is 4.74 Å². The third-order valence-electron chi connectivity index (χ3n) is 5.64. The molecule has 3 rings (SSSR count). The molecule has 180 valence electrons. The van der Waals surface area contributed by atoms with Gasteiger partial charge in [-0.15, -0.1) is 0 Å². The number of nitrogens with zero attached hydrogens (tertiary/aromatic N) is 2. The number of rotatable bonds is 10. The number of unbranched alkanes of at least 4 members (excludes halogenated alkanes) is 1. The molecular weight excluding hydrogens is 432 g/mol. The molecule has 7 nitrogen and oxygen atoms in total. The molecule has 1 unspecified atom stereocenters. The smallest absolute Gasteiger partial charge is 0.331 e. The van der Waals surface area contributed by atoms with E-state index in [2.05, 4.69) is 11.9 Å². The van der Waals surface area contributed by atoms with Crippen molar-refractivity contribution in [1.82, 2.24) is 9.88 Å². The Hall–Kier alpha value is -3.61. The maximum atomic E-state index is 12.6. The number of aliphatic carboxylic acids is 1. The number of allylic oxidation sites excluding steroid dienone is 4. The third kappa shape index (κ3) is 6.25. The van der Waals surface area contributed by atoms with Crippen molar-refractivity contribution in [2.24, 2.45) is 0 Å². The van der Waals surface area contributed by atoms with Gasteiger partial charge in [0.25, 0.3) is 0 Å². The number of aromatic nitrogens is 1. The molecule has 7 heteroatoms. The molecule has 1 atom stereocenters. The number of aryl methyl sites for hydroxylation is 1. The van der Waals surface area contributed by atoms with Gasteiger partial charge in [0.05, 0.1) is 12.3 Å². The largest absolute Gasteiger partial charge is 0.493 e. The fraction of sp³-hybridized carbons (Fsp3) is 0.370. The summed E-state index contributed by atoms with van der Waals surface area (Å²) in [6.07, 6.45) is 13.7. The first-order valence-corrected chi connectivity index (χ1v) is 11.7. The Morgan fingerprint density at radius 2 is 2.15 bits per heavy atom. The van der Waals surface area contributed by atoms with E-state index >= 15 is 0 Å². The normalized spacial score (nSPS) is 16.0. The summed E-state index contributed by atoms with van der Waals surface area (Å²) in [6.45, 7) is 6.57. The van der Waals surface area contributed by atoms with Crippen molar-refractivity contribution < 1.29 is 23.8 Å². The summed E-state index contributed by atoms with van der Waals surface area (Å²) < 4.78 is 11.6. The topological polar surface area (TPSA) is 92.9 Å². The fourth-order valence-corrected chi connectivity index (χ4v) is 3.90. The minimum atomic E-state index is -1.06. The van der Waals surface area contributed by atoms with Crippen LogP contribution >= 0.6 is 0 Å². The average molecular weight is 465 g/mol. The molecule has 0 spiro atoms. The second-order valence-electron chi connectivity index (χ2n) is 8.11. The summed E-state index contributed by atoms with van der Waals surface area (Å²) in [5.41, 5.74) is 2.34. The standard InChI is InChI=1S/C27H32N2O5/c1-4-6-8-10-24-28-23(19(3)34-24)15-17-33-21-13-12-20-14-16-29(25(30)11-9-7-5-2)26(27(31)32)22(20)18-21/h5,7-13,18,26H,4,6,14-17H2,1-3H3,(H,31,32). The van der Waals surface area contributed by atoms with Crippen LogP contribution in [0.3, 0.4) is 0 Å². The van der Waals surface area contributed by atoms with Crippen molar-refractivity contribution in [2.75, 3.05) is 13.2 Å². The van der Waals surface area contributed by atoms with Crippen LogP contribution in [0.25, 0.3) is 6.08 Å². The highest BCUT2D eigenvalue weighted by Crippen LogP contribution is 2.33. The first-order valence-electron chi connectivity index (χ1n) is 11.7. The highest BCUT2D eigenvalue weighted by atomic mass is 16.5. The van der Waals surface area contributed by atoms with Crippen LogP contribution in [-0.4, -0.2) is 40.0 Å². The zero-order valence-corrected chi connectivity index (χ0v) is 20.0. The maximum Gasteiger partial charge on any atom is 0.331 e. The molecule has 1 amide bonds. The summed E-state index contributed by atoms with van der Waals surface area (Å²) in [5.74, 6) is 0.525. The number of fused-ring (bicyclic) bond motifs is 1. The lowest BCUT2D eigenvalue weighted by Gasteiger charge is -2.34. The quantitative estimate of drug-likeness (QED) is 0.390. The Morgan fingerprint density at radius 1 is 1.32 bits per heavy atom. The van der Waals surface area contributed by atoms with Crippen molar-refractivity contribution in [3.63, 3.8) is 0 Å². The second-order valence-corrected chi connectivity index (χ2v) is 8.11. The molecule has 1 aliphatic heterocycles. The summed E-state index contributed by atoms with van der Waals surface area (Å²) >= 11 is 0. The number of oxazole rings is 1. The van der Waals surface area contributed by atoms with Gasteiger partial charge in [-0.1, -0.05) is 43.7 Å². The van der Waals surface area contributed by atoms with Crippen LogP contribution in [0.2, 0.25) is 0 Å². The number of hydrogen-bond donors (Lipinski definition) is 1. The first kappa shape index (κ1) is 25.0. The number of carboxylic acid groups (broad SMARTS) is 1. The summed E-state index contributed by atoms with van der Waals surface area (Å²) in [4.78, 5) is 30.6. The van der Waals surface area contributed by atoms with Crippen molar-refractivity contribution in [1.29, 1.82) is 0 Å². The van der Waals surface area contributed by atoms with E-state index in [1.165, 1.54) is 11.0 Å². The highest BCUT2D eigenvalue weighted by molar-refractivity contribution is 5.92. The Balaban J connectivity index is 1.70. The Labute approximate surface area is 200 Å². The highest BCUT2D eigenvalue weighted by Gasteiger charge is 2.35. The van der Waals surface area contributed by atoms with Gasteiger partial charge in [-0.3, -0.25) is 4.79 Å². The van der Waals surface area contributed by atoms with Crippen molar-refractivity contribution in [3.8, 4) is 5.75 Å². The molecule has 0 aliphatic carbocycles. The second kappa shape index (κ2) is 12.0. The first-order chi connectivity index (χ1) is 16.4. The molecule has 2 heterocycles. The molecule has 0 radical (unpaired) electrons. The average Bonchev–Trinajstić information content (AvgIpc) is 3.17. The molecule has 0 fully saturated rings. The molecule has 2 aromatic rings. The van der Waals surface area contributed by atoms with Crippen LogP contribution in [0.15, 0.2) is 53.0 Å². The van der Waals surface area contributed by atoms with Crippen molar-refractivity contribution in [3.05, 3.63) is 77.1 Å². The number of carbonyl (C=O) groups excluding carboxylic acids is 1. The van der Waals surface area contributed by atoms with Crippen molar-refractivity contribution in [2.45, 2.75) is 52.5 Å². The maximum absolute atomic E-state index is 12.6. The molecule has 0 saturated heterocycles. The molecule has 34 heavy (non-hydrogen) atoms. The van der Waals surface area contributed by atoms with Crippen LogP contribution in [0.4, 0.5) is 0 Å². The molecule has 0 bridgehead atoms. The number of carbonyl (C=O) groups is 2. The SMILES string of the molecule is CC=CC=CC(=O)N1CCc2ccc(OCCc3nc(C=CCCC)oc3C)cc2C1C(=O)O. The molecule has 1 aromatic heterocycles. The zero-order valence-electron chi connectivity index (χ0n) is 20.0. The Bertz CT molecular complexity index is 1100. The minimum absolute atomic E-state index is 0.326. The molecule has 1 aliphatic rings. The molecule has 0 saturated carbocycles. The molecule has 1 N–H and O–H groups in total. The van der Waals surface area contributed by atoms with E-state index in [1.807, 2.05) is 38.1 Å². The molecular formula is C27H32N2O5. The van der Waals surface area contributed by atoms with Gasteiger partial charge in [0.1, 0.15) is 11.5 Å². The van der Waals surface area contributed by atoms with Gasteiger partial charge in [0, 0.05) is 19.0 Å². The van der Waals surface area contributed by atoms with Crippen LogP contribution in [-0.2, 0) is 22.4 Å². The van der Waals surface area contributed by atoms with E-state index in [0.717, 1.165) is 29.9 Å². The van der Waals surface area contributed by atoms with Gasteiger partial charge >= 0.3 is 5.97 Å². The monoisotopic (exact) mass is 464 g/mol. The number of amides is 1. The summed E-state index contributed by atoms with van der Waals surface area (Å²) in [7, 11) is 0. The van der Waals surface area contributed by atoms with Crippen LogP contribution in [0, 0.1) is 6.92 Å². The van der Waals surface area contributed by atoms with Gasteiger partial charge in [0.2, 0.25) is 11.8 Å². The number of benzene rings is 1. The van der Waals surface area contributed by atoms with E-state index in [4.69, 9.17) is 9.15 Å². The number of ether oxygens (including phenoxy) is 1. The predicted octanol–water partition coefficient (Wildman–Crippen LogP) is 5.06. The Morgan fingerprint density at radius 3 is 2.88 bits per heavy atom. The van der Waals surface area contributed by atoms with Gasteiger partial charge in [0.15, 0.2) is 6.04 Å². The van der Waals surface area contributed by atoms with E-state index in [1.54, 1.807) is 24.3 Å². The van der Waals surface area contributed by atoms with Crippen LogP contribution in [0.1, 0.15) is 61.2 Å². The predicted molar refractivity (Wildman–Crippen MR) is 131 cm³/mol. The van der Waals surface area contributed by atoms with Crippen LogP contribution in [0.5, 0.6) is 5.75 Å². The lowest BCUT2D eigenvalue weighted by Crippen LogP contribution is -2.42. The molecule has 1 aromatic carbocycles. The lowest BCUT2D eigenvalue weighted by atomic mass is 9.92. The fourth-order valence-electron chi connectivity index (χ4n) is 3.90. The summed E-state index contributed by atoms with van der Waals surface area (Å²) in [5, 5.41) is 9.90. The van der Waals surface area contributed by atoms with E-state index < -0.39 is 12.0 Å². The van der Waals surface area contributed by atoms with E-state index in [-0.39, 0.29) is 5.91 Å². The van der Waals surface area contributed by atoms with Gasteiger partial charge in [-0.2, -0.15) is 0 Å². The number of hydrogen-bond acceptors (Lipinski definition) is 5. The zero-order chi connectivity index (χ0) is 24.5. The lowest BCUT2D eigenvalue weighted by molar-refractivity contribution is -0.149. The Kier molecular flexibility index (Phi) is 8.85.